The van der Waals surface area contributed by atoms with Gasteiger partial charge in [0.15, 0.2) is 0 Å². The molecule has 4 nitrogen and oxygen atoms in total. The topological polar surface area (TPSA) is 55.4 Å². The standard InChI is InChI=1S/C12H23NO3S/c1-4-5-6-10(14)7-9(2)13-11(8-17)12(15)16-3/h9,11,13,17H,4-8H2,1-3H3. The van der Waals surface area contributed by atoms with Gasteiger partial charge in [-0.15, -0.1) is 0 Å². The Bertz CT molecular complexity index is 246. The lowest BCUT2D eigenvalue weighted by Crippen LogP contribution is -2.44. The Kier molecular flexibility index (Phi) is 9.17. The Morgan fingerprint density at radius 3 is 2.53 bits per heavy atom. The monoisotopic (exact) mass is 261 g/mol. The highest BCUT2D eigenvalue weighted by Crippen LogP contribution is 2.03. The molecule has 2 atom stereocenters. The van der Waals surface area contributed by atoms with E-state index >= 15 is 0 Å². The third-order valence-electron chi connectivity index (χ3n) is 2.50. The third-order valence-corrected chi connectivity index (χ3v) is 2.86. The number of hydrogen-bond donors (Lipinski definition) is 2. The summed E-state index contributed by atoms with van der Waals surface area (Å²) in [5.74, 6) is 0.252. The largest absolute Gasteiger partial charge is 0.468 e. The lowest BCUT2D eigenvalue weighted by atomic mass is 10.1. The molecule has 0 aromatic carbocycles. The molecule has 0 aliphatic carbocycles. The van der Waals surface area contributed by atoms with E-state index in [2.05, 4.69) is 29.6 Å². The molecule has 0 saturated carbocycles. The fourth-order valence-corrected chi connectivity index (χ4v) is 1.81. The van der Waals surface area contributed by atoms with Crippen molar-refractivity contribution < 1.29 is 14.3 Å². The van der Waals surface area contributed by atoms with E-state index in [1.807, 2.05) is 6.92 Å². The minimum absolute atomic E-state index is 0.0318. The fourth-order valence-electron chi connectivity index (χ4n) is 1.56. The molecule has 0 bridgehead atoms. The van der Waals surface area contributed by atoms with E-state index in [4.69, 9.17) is 0 Å². The van der Waals surface area contributed by atoms with Crippen LogP contribution in [-0.2, 0) is 14.3 Å². The van der Waals surface area contributed by atoms with Gasteiger partial charge in [0.25, 0.3) is 0 Å². The second kappa shape index (κ2) is 9.48. The van der Waals surface area contributed by atoms with E-state index in [9.17, 15) is 9.59 Å². The first-order valence-electron chi connectivity index (χ1n) is 6.01. The van der Waals surface area contributed by atoms with E-state index < -0.39 is 6.04 Å². The van der Waals surface area contributed by atoms with Crippen LogP contribution in [0.3, 0.4) is 0 Å². The van der Waals surface area contributed by atoms with Gasteiger partial charge in [-0.2, -0.15) is 12.6 Å². The van der Waals surface area contributed by atoms with Gasteiger partial charge in [-0.3, -0.25) is 9.59 Å². The Labute approximate surface area is 109 Å². The Hall–Kier alpha value is -0.550. The van der Waals surface area contributed by atoms with Crippen molar-refractivity contribution in [3.8, 4) is 0 Å². The third kappa shape index (κ3) is 7.39. The molecule has 2 unspecified atom stereocenters. The maximum atomic E-state index is 11.5. The van der Waals surface area contributed by atoms with Gasteiger partial charge in [0.1, 0.15) is 11.8 Å². The van der Waals surface area contributed by atoms with Gasteiger partial charge in [-0.1, -0.05) is 13.3 Å². The van der Waals surface area contributed by atoms with E-state index in [0.717, 1.165) is 12.8 Å². The Morgan fingerprint density at radius 2 is 2.06 bits per heavy atom. The highest BCUT2D eigenvalue weighted by atomic mass is 32.1. The van der Waals surface area contributed by atoms with Crippen molar-refractivity contribution in [1.82, 2.24) is 5.32 Å². The fraction of sp³-hybridized carbons (Fsp3) is 0.833. The first kappa shape index (κ1) is 16.4. The summed E-state index contributed by atoms with van der Waals surface area (Å²) in [5, 5.41) is 3.05. The lowest BCUT2D eigenvalue weighted by molar-refractivity contribution is -0.142. The Balaban J connectivity index is 4.01. The van der Waals surface area contributed by atoms with Crippen LogP contribution < -0.4 is 5.32 Å². The second-order valence-electron chi connectivity index (χ2n) is 4.17. The lowest BCUT2D eigenvalue weighted by Gasteiger charge is -2.19. The van der Waals surface area contributed by atoms with Crippen LogP contribution in [0.15, 0.2) is 0 Å². The predicted molar refractivity (Wildman–Crippen MR) is 71.4 cm³/mol. The normalized spacial score (nSPS) is 14.1. The molecule has 0 aliphatic heterocycles. The smallest absolute Gasteiger partial charge is 0.323 e. The number of thiol groups is 1. The first-order chi connectivity index (χ1) is 8.04. The molecule has 0 aromatic rings. The van der Waals surface area contributed by atoms with Gasteiger partial charge < -0.3 is 10.1 Å². The zero-order chi connectivity index (χ0) is 13.3. The molecule has 0 aromatic heterocycles. The van der Waals surface area contributed by atoms with Gasteiger partial charge >= 0.3 is 5.97 Å². The van der Waals surface area contributed by atoms with Crippen LogP contribution in [0, 0.1) is 0 Å². The van der Waals surface area contributed by atoms with Crippen LogP contribution in [0.5, 0.6) is 0 Å². The molecule has 0 rings (SSSR count). The quantitative estimate of drug-likeness (QED) is 0.489. The van der Waals surface area contributed by atoms with Crippen molar-refractivity contribution in [2.45, 2.75) is 51.6 Å². The molecular formula is C12H23NO3S. The number of unbranched alkanes of at least 4 members (excludes halogenated alkanes) is 1. The van der Waals surface area contributed by atoms with Crippen LogP contribution in [0.4, 0.5) is 0 Å². The number of rotatable bonds is 9. The molecule has 5 heteroatoms. The summed E-state index contributed by atoms with van der Waals surface area (Å²) in [7, 11) is 1.34. The van der Waals surface area contributed by atoms with Crippen molar-refractivity contribution in [1.29, 1.82) is 0 Å². The Morgan fingerprint density at radius 1 is 1.41 bits per heavy atom. The molecule has 1 N–H and O–H groups in total. The number of Topliss-reactive ketones (excluding diaryl/α,β-unsaturated/α-hetero) is 1. The van der Waals surface area contributed by atoms with Gasteiger partial charge in [0.05, 0.1) is 7.11 Å². The molecule has 0 aliphatic rings. The molecule has 0 heterocycles. The predicted octanol–water partition coefficient (Wildman–Crippen LogP) is 1.59. The zero-order valence-corrected chi connectivity index (χ0v) is 11.8. The molecule has 17 heavy (non-hydrogen) atoms. The van der Waals surface area contributed by atoms with E-state index in [0.29, 0.717) is 18.6 Å². The molecule has 0 spiro atoms. The summed E-state index contributed by atoms with van der Waals surface area (Å²) in [6, 6.07) is -0.479. The van der Waals surface area contributed by atoms with Gasteiger partial charge in [0, 0.05) is 24.6 Å². The van der Waals surface area contributed by atoms with Crippen molar-refractivity contribution in [2.24, 2.45) is 0 Å². The first-order valence-corrected chi connectivity index (χ1v) is 6.64. The number of hydrogen-bond acceptors (Lipinski definition) is 5. The van der Waals surface area contributed by atoms with E-state index in [1.165, 1.54) is 7.11 Å². The van der Waals surface area contributed by atoms with Crippen molar-refractivity contribution in [2.75, 3.05) is 12.9 Å². The van der Waals surface area contributed by atoms with Crippen LogP contribution in [0.1, 0.15) is 39.5 Å². The summed E-state index contributed by atoms with van der Waals surface area (Å²) in [6.07, 6.45) is 3.01. The van der Waals surface area contributed by atoms with Crippen molar-refractivity contribution in [3.63, 3.8) is 0 Å². The minimum atomic E-state index is -0.447. The molecular weight excluding hydrogens is 238 g/mol. The molecule has 0 fully saturated rings. The maximum Gasteiger partial charge on any atom is 0.323 e. The molecule has 0 radical (unpaired) electrons. The minimum Gasteiger partial charge on any atom is -0.468 e. The number of ether oxygens (including phenoxy) is 1. The summed E-state index contributed by atoms with van der Waals surface area (Å²) in [6.45, 7) is 3.95. The molecule has 0 amide bonds. The number of ketones is 1. The van der Waals surface area contributed by atoms with Crippen LogP contribution >= 0.6 is 12.6 Å². The van der Waals surface area contributed by atoms with Gasteiger partial charge in [-0.25, -0.2) is 0 Å². The highest BCUT2D eigenvalue weighted by molar-refractivity contribution is 7.80. The van der Waals surface area contributed by atoms with E-state index in [-0.39, 0.29) is 17.8 Å². The van der Waals surface area contributed by atoms with Crippen molar-refractivity contribution in [3.05, 3.63) is 0 Å². The zero-order valence-electron chi connectivity index (χ0n) is 10.9. The van der Waals surface area contributed by atoms with Gasteiger partial charge in [-0.05, 0) is 13.3 Å². The number of esters is 1. The van der Waals surface area contributed by atoms with Crippen LogP contribution in [0.2, 0.25) is 0 Å². The summed E-state index contributed by atoms with van der Waals surface area (Å²) >= 11 is 4.08. The van der Waals surface area contributed by atoms with E-state index in [1.54, 1.807) is 0 Å². The van der Waals surface area contributed by atoms with Crippen LogP contribution in [-0.4, -0.2) is 36.7 Å². The van der Waals surface area contributed by atoms with Gasteiger partial charge in [0.2, 0.25) is 0 Å². The maximum absolute atomic E-state index is 11.5. The average Bonchev–Trinajstić information content (AvgIpc) is 2.32. The molecule has 100 valence electrons. The number of carbonyl (C=O) groups excluding carboxylic acids is 2. The number of methoxy groups -OCH3 is 1. The highest BCUT2D eigenvalue weighted by Gasteiger charge is 2.20. The summed E-state index contributed by atoms with van der Waals surface area (Å²) in [4.78, 5) is 22.9. The van der Waals surface area contributed by atoms with Crippen molar-refractivity contribution >= 4 is 24.4 Å². The molecule has 0 saturated heterocycles. The average molecular weight is 261 g/mol. The summed E-state index contributed by atoms with van der Waals surface area (Å²) in [5.41, 5.74) is 0. The number of carbonyl (C=O) groups is 2. The second-order valence-corrected chi connectivity index (χ2v) is 4.54. The van der Waals surface area contributed by atoms with Crippen LogP contribution in [0.25, 0.3) is 0 Å². The summed E-state index contributed by atoms with van der Waals surface area (Å²) < 4.78 is 4.64. The number of nitrogens with one attached hydrogen (secondary N) is 1. The SMILES string of the molecule is CCCCC(=O)CC(C)NC(CS)C(=O)OC.